The molecule has 0 spiro atoms. The van der Waals surface area contributed by atoms with Crippen molar-refractivity contribution in [1.29, 1.82) is 0 Å². The van der Waals surface area contributed by atoms with E-state index in [1.54, 1.807) is 12.4 Å². The maximum Gasteiger partial charge on any atom is 0.265 e. The lowest BCUT2D eigenvalue weighted by atomic mass is 9.97. The summed E-state index contributed by atoms with van der Waals surface area (Å²) in [5, 5.41) is 2.40. The number of carbonyl (C=O) groups excluding carboxylic acids is 1. The number of anilines is 1. The molecule has 0 aliphatic heterocycles. The Bertz CT molecular complexity index is 1260. The number of thiophene rings is 1. The topological polar surface area (TPSA) is 42.0 Å². The minimum Gasteiger partial charge on any atom is -0.316 e. The molecule has 2 heterocycles. The Morgan fingerprint density at radius 1 is 0.903 bits per heavy atom. The van der Waals surface area contributed by atoms with Gasteiger partial charge in [-0.05, 0) is 83.5 Å². The fourth-order valence-corrected chi connectivity index (χ4v) is 5.10. The molecule has 0 saturated carbocycles. The number of rotatable bonds is 3. The SMILES string of the molecule is O=C(Nc1c(F)cccc1F)c1cc2c(s1)-c1cc(-c3ccncc3)ccc1CCC2. The molecule has 2 aromatic carbocycles. The summed E-state index contributed by atoms with van der Waals surface area (Å²) in [6, 6.07) is 15.7. The molecule has 1 aliphatic carbocycles. The molecule has 154 valence electrons. The first-order chi connectivity index (χ1) is 15.1. The van der Waals surface area contributed by atoms with E-state index in [2.05, 4.69) is 28.5 Å². The van der Waals surface area contributed by atoms with Crippen molar-refractivity contribution in [3.8, 4) is 21.6 Å². The number of aromatic nitrogens is 1. The van der Waals surface area contributed by atoms with Gasteiger partial charge in [0.15, 0.2) is 0 Å². The van der Waals surface area contributed by atoms with Gasteiger partial charge in [0.05, 0.1) is 4.88 Å². The van der Waals surface area contributed by atoms with E-state index in [4.69, 9.17) is 0 Å². The summed E-state index contributed by atoms with van der Waals surface area (Å²) in [6.45, 7) is 0. The molecule has 6 heteroatoms. The third-order valence-electron chi connectivity index (χ3n) is 5.49. The van der Waals surface area contributed by atoms with E-state index in [9.17, 15) is 13.6 Å². The second kappa shape index (κ2) is 8.04. The first-order valence-electron chi connectivity index (χ1n) is 10.0. The molecule has 3 nitrogen and oxygen atoms in total. The minimum absolute atomic E-state index is 0.420. The van der Waals surface area contributed by atoms with Crippen molar-refractivity contribution in [3.05, 3.63) is 94.6 Å². The van der Waals surface area contributed by atoms with E-state index in [-0.39, 0.29) is 0 Å². The molecule has 31 heavy (non-hydrogen) atoms. The van der Waals surface area contributed by atoms with Crippen LogP contribution in [-0.2, 0) is 12.8 Å². The number of pyridine rings is 1. The molecule has 0 radical (unpaired) electrons. The number of amides is 1. The van der Waals surface area contributed by atoms with Crippen LogP contribution in [0.4, 0.5) is 14.5 Å². The second-order valence-electron chi connectivity index (χ2n) is 7.48. The maximum absolute atomic E-state index is 14.0. The molecule has 4 aromatic rings. The summed E-state index contributed by atoms with van der Waals surface area (Å²) in [4.78, 5) is 18.3. The standard InChI is InChI=1S/C25H18F2N2OS/c26-20-5-2-6-21(27)23(20)29-25(30)22-14-18-4-1-3-16-7-8-17(13-19(16)24(18)31-22)15-9-11-28-12-10-15/h2,5-14H,1,3-4H2,(H,29,30). The van der Waals surface area contributed by atoms with E-state index < -0.39 is 23.2 Å². The molecule has 0 unspecified atom stereocenters. The molecule has 1 aliphatic rings. The smallest absolute Gasteiger partial charge is 0.265 e. The number of hydrogen-bond acceptors (Lipinski definition) is 3. The van der Waals surface area contributed by atoms with Crippen molar-refractivity contribution in [1.82, 2.24) is 4.98 Å². The Kier molecular flexibility index (Phi) is 5.08. The van der Waals surface area contributed by atoms with Crippen LogP contribution in [0.5, 0.6) is 0 Å². The fourth-order valence-electron chi connectivity index (χ4n) is 3.95. The lowest BCUT2D eigenvalue weighted by Crippen LogP contribution is -2.12. The summed E-state index contributed by atoms with van der Waals surface area (Å²) in [5.41, 5.74) is 5.19. The Morgan fingerprint density at radius 2 is 1.65 bits per heavy atom. The largest absolute Gasteiger partial charge is 0.316 e. The monoisotopic (exact) mass is 432 g/mol. The van der Waals surface area contributed by atoms with Gasteiger partial charge >= 0.3 is 0 Å². The number of halogens is 2. The zero-order valence-corrected chi connectivity index (χ0v) is 17.3. The Morgan fingerprint density at radius 3 is 2.42 bits per heavy atom. The molecule has 1 N–H and O–H groups in total. The van der Waals surface area contributed by atoms with E-state index >= 15 is 0 Å². The quantitative estimate of drug-likeness (QED) is 0.402. The number of nitrogens with one attached hydrogen (secondary N) is 1. The highest BCUT2D eigenvalue weighted by Gasteiger charge is 2.22. The predicted molar refractivity (Wildman–Crippen MR) is 119 cm³/mol. The Labute approximate surface area is 182 Å². The van der Waals surface area contributed by atoms with Gasteiger partial charge in [0.1, 0.15) is 17.3 Å². The Balaban J connectivity index is 1.53. The van der Waals surface area contributed by atoms with Crippen LogP contribution in [0.1, 0.15) is 27.2 Å². The van der Waals surface area contributed by atoms with Crippen molar-refractivity contribution in [2.75, 3.05) is 5.32 Å². The van der Waals surface area contributed by atoms with E-state index in [0.717, 1.165) is 58.5 Å². The van der Waals surface area contributed by atoms with Gasteiger partial charge in [-0.3, -0.25) is 9.78 Å². The van der Waals surface area contributed by atoms with E-state index in [1.807, 2.05) is 18.2 Å². The van der Waals surface area contributed by atoms with Gasteiger partial charge in [-0.25, -0.2) is 8.78 Å². The average molecular weight is 432 g/mol. The number of carbonyl (C=O) groups is 1. The molecule has 0 fully saturated rings. The van der Waals surface area contributed by atoms with Crippen LogP contribution in [-0.4, -0.2) is 10.9 Å². The average Bonchev–Trinajstić information content (AvgIpc) is 3.14. The number of nitrogens with zero attached hydrogens (tertiary/aromatic N) is 1. The van der Waals surface area contributed by atoms with Crippen molar-refractivity contribution in [3.63, 3.8) is 0 Å². The van der Waals surface area contributed by atoms with Crippen LogP contribution in [0, 0.1) is 11.6 Å². The third kappa shape index (κ3) is 3.75. The second-order valence-corrected chi connectivity index (χ2v) is 8.53. The van der Waals surface area contributed by atoms with Gasteiger partial charge in [-0.2, -0.15) is 0 Å². The van der Waals surface area contributed by atoms with Crippen molar-refractivity contribution in [2.45, 2.75) is 19.3 Å². The van der Waals surface area contributed by atoms with Crippen LogP contribution < -0.4 is 5.32 Å². The number of aryl methyl sites for hydroxylation is 2. The van der Waals surface area contributed by atoms with Gasteiger partial charge < -0.3 is 5.32 Å². The third-order valence-corrected chi connectivity index (χ3v) is 6.70. The molecular formula is C25H18F2N2OS. The number of fused-ring (bicyclic) bond motifs is 3. The Hall–Kier alpha value is -3.38. The molecule has 0 atom stereocenters. The van der Waals surface area contributed by atoms with Crippen LogP contribution in [0.15, 0.2) is 67.0 Å². The van der Waals surface area contributed by atoms with Crippen LogP contribution in [0.3, 0.4) is 0 Å². The summed E-state index contributed by atoms with van der Waals surface area (Å²) in [5.74, 6) is -2.09. The first-order valence-corrected chi connectivity index (χ1v) is 10.8. The van der Waals surface area contributed by atoms with Crippen molar-refractivity contribution < 1.29 is 13.6 Å². The highest BCUT2D eigenvalue weighted by molar-refractivity contribution is 7.17. The van der Waals surface area contributed by atoms with E-state index in [1.165, 1.54) is 23.0 Å². The normalized spacial score (nSPS) is 12.6. The maximum atomic E-state index is 14.0. The summed E-state index contributed by atoms with van der Waals surface area (Å²) in [7, 11) is 0. The first kappa shape index (κ1) is 19.6. The summed E-state index contributed by atoms with van der Waals surface area (Å²) in [6.07, 6.45) is 6.33. The minimum atomic E-state index is -0.793. The van der Waals surface area contributed by atoms with Crippen LogP contribution in [0.25, 0.3) is 21.6 Å². The number of benzene rings is 2. The highest BCUT2D eigenvalue weighted by Crippen LogP contribution is 2.40. The van der Waals surface area contributed by atoms with Gasteiger partial charge in [-0.15, -0.1) is 11.3 Å². The van der Waals surface area contributed by atoms with Crippen molar-refractivity contribution >= 4 is 22.9 Å². The lowest BCUT2D eigenvalue weighted by Gasteiger charge is -2.10. The summed E-state index contributed by atoms with van der Waals surface area (Å²) >= 11 is 1.37. The molecule has 0 bridgehead atoms. The molecule has 1 amide bonds. The zero-order chi connectivity index (χ0) is 21.4. The van der Waals surface area contributed by atoms with Crippen LogP contribution in [0.2, 0.25) is 0 Å². The van der Waals surface area contributed by atoms with E-state index in [0.29, 0.717) is 4.88 Å². The lowest BCUT2D eigenvalue weighted by molar-refractivity contribution is 0.102. The number of para-hydroxylation sites is 1. The van der Waals surface area contributed by atoms with Crippen LogP contribution >= 0.6 is 11.3 Å². The molecular weight excluding hydrogens is 414 g/mol. The zero-order valence-electron chi connectivity index (χ0n) is 16.5. The van der Waals surface area contributed by atoms with Gasteiger partial charge in [0.2, 0.25) is 0 Å². The van der Waals surface area contributed by atoms with Gasteiger partial charge in [0.25, 0.3) is 5.91 Å². The summed E-state index contributed by atoms with van der Waals surface area (Å²) < 4.78 is 27.9. The molecule has 5 rings (SSSR count). The van der Waals surface area contributed by atoms with Crippen molar-refractivity contribution in [2.24, 2.45) is 0 Å². The van der Waals surface area contributed by atoms with Gasteiger partial charge in [-0.1, -0.05) is 18.2 Å². The fraction of sp³-hybridized carbons (Fsp3) is 0.120. The molecule has 2 aromatic heterocycles. The highest BCUT2D eigenvalue weighted by atomic mass is 32.1. The molecule has 0 saturated heterocycles. The van der Waals surface area contributed by atoms with Gasteiger partial charge in [0, 0.05) is 17.3 Å². The predicted octanol–water partition coefficient (Wildman–Crippen LogP) is 6.50. The number of hydrogen-bond donors (Lipinski definition) is 1.